The van der Waals surface area contributed by atoms with E-state index in [0.717, 1.165) is 18.1 Å². The van der Waals surface area contributed by atoms with E-state index in [1.807, 2.05) is 0 Å². The number of piperidine rings is 1. The molecular weight excluding hydrogens is 234 g/mol. The zero-order valence-electron chi connectivity index (χ0n) is 12.6. The SMILES string of the molecule is CCCN(CC1CCCN1)C1CCN2CCCC2C1. The number of hydrogen-bond acceptors (Lipinski definition) is 3. The molecule has 0 spiro atoms. The predicted molar refractivity (Wildman–Crippen MR) is 80.5 cm³/mol. The second kappa shape index (κ2) is 6.55. The number of hydrogen-bond donors (Lipinski definition) is 1. The van der Waals surface area contributed by atoms with Crippen molar-refractivity contribution in [3.05, 3.63) is 0 Å². The highest BCUT2D eigenvalue weighted by atomic mass is 15.2. The molecule has 3 aliphatic rings. The average molecular weight is 265 g/mol. The molecule has 0 aromatic rings. The Hall–Kier alpha value is -0.120. The summed E-state index contributed by atoms with van der Waals surface area (Å²) in [4.78, 5) is 5.56. The normalized spacial score (nSPS) is 36.0. The Bertz CT molecular complexity index is 275. The van der Waals surface area contributed by atoms with Crippen molar-refractivity contribution in [3.63, 3.8) is 0 Å². The van der Waals surface area contributed by atoms with E-state index in [1.165, 1.54) is 77.7 Å². The summed E-state index contributed by atoms with van der Waals surface area (Å²) in [5, 5.41) is 3.68. The van der Waals surface area contributed by atoms with Crippen LogP contribution in [-0.4, -0.2) is 60.6 Å². The zero-order valence-corrected chi connectivity index (χ0v) is 12.6. The van der Waals surface area contributed by atoms with Crippen molar-refractivity contribution >= 4 is 0 Å². The fraction of sp³-hybridized carbons (Fsp3) is 1.00. The van der Waals surface area contributed by atoms with E-state index in [0.29, 0.717) is 0 Å². The fourth-order valence-corrected chi connectivity index (χ4v) is 4.44. The van der Waals surface area contributed by atoms with Gasteiger partial charge in [-0.15, -0.1) is 0 Å². The van der Waals surface area contributed by atoms with E-state index >= 15 is 0 Å². The van der Waals surface area contributed by atoms with Gasteiger partial charge in [0.2, 0.25) is 0 Å². The molecule has 0 radical (unpaired) electrons. The lowest BCUT2D eigenvalue weighted by Crippen LogP contribution is -2.50. The van der Waals surface area contributed by atoms with Gasteiger partial charge in [0.05, 0.1) is 0 Å². The molecule has 0 bridgehead atoms. The van der Waals surface area contributed by atoms with E-state index in [1.54, 1.807) is 0 Å². The van der Waals surface area contributed by atoms with Crippen molar-refractivity contribution < 1.29 is 0 Å². The topological polar surface area (TPSA) is 18.5 Å². The molecule has 3 rings (SSSR count). The Morgan fingerprint density at radius 3 is 2.89 bits per heavy atom. The molecule has 0 aliphatic carbocycles. The lowest BCUT2D eigenvalue weighted by molar-refractivity contribution is 0.0817. The average Bonchev–Trinajstić information content (AvgIpc) is 3.08. The van der Waals surface area contributed by atoms with Gasteiger partial charge in [0.1, 0.15) is 0 Å². The molecule has 3 heteroatoms. The van der Waals surface area contributed by atoms with Crippen molar-refractivity contribution in [3.8, 4) is 0 Å². The summed E-state index contributed by atoms with van der Waals surface area (Å²) in [5.41, 5.74) is 0. The summed E-state index contributed by atoms with van der Waals surface area (Å²) in [5.74, 6) is 0. The molecule has 0 saturated carbocycles. The van der Waals surface area contributed by atoms with Crippen LogP contribution in [0, 0.1) is 0 Å². The van der Waals surface area contributed by atoms with Crippen molar-refractivity contribution in [1.82, 2.24) is 15.1 Å². The van der Waals surface area contributed by atoms with Crippen LogP contribution in [0.3, 0.4) is 0 Å². The summed E-state index contributed by atoms with van der Waals surface area (Å²) in [6.07, 6.45) is 9.81. The highest BCUT2D eigenvalue weighted by molar-refractivity contribution is 4.91. The van der Waals surface area contributed by atoms with Gasteiger partial charge in [0, 0.05) is 24.7 Å². The van der Waals surface area contributed by atoms with E-state index in [9.17, 15) is 0 Å². The summed E-state index contributed by atoms with van der Waals surface area (Å²) >= 11 is 0. The van der Waals surface area contributed by atoms with Gasteiger partial charge in [-0.2, -0.15) is 0 Å². The minimum absolute atomic E-state index is 0.771. The molecule has 0 aromatic heterocycles. The molecule has 3 aliphatic heterocycles. The second-order valence-electron chi connectivity index (χ2n) is 6.80. The molecule has 3 unspecified atom stereocenters. The summed E-state index contributed by atoms with van der Waals surface area (Å²) in [6, 6.07) is 2.55. The Kier molecular flexibility index (Phi) is 4.78. The van der Waals surface area contributed by atoms with E-state index in [4.69, 9.17) is 0 Å². The van der Waals surface area contributed by atoms with Gasteiger partial charge >= 0.3 is 0 Å². The fourth-order valence-electron chi connectivity index (χ4n) is 4.44. The van der Waals surface area contributed by atoms with Crippen molar-refractivity contribution in [2.45, 2.75) is 70.0 Å². The largest absolute Gasteiger partial charge is 0.313 e. The van der Waals surface area contributed by atoms with Crippen LogP contribution in [0.5, 0.6) is 0 Å². The molecule has 3 nitrogen and oxygen atoms in total. The third-order valence-electron chi connectivity index (χ3n) is 5.44. The Balaban J connectivity index is 1.56. The van der Waals surface area contributed by atoms with Crippen LogP contribution in [0.15, 0.2) is 0 Å². The van der Waals surface area contributed by atoms with Gasteiger partial charge in [-0.05, 0) is 71.1 Å². The molecule has 3 fully saturated rings. The van der Waals surface area contributed by atoms with Gasteiger partial charge in [-0.1, -0.05) is 6.92 Å². The zero-order chi connectivity index (χ0) is 13.1. The van der Waals surface area contributed by atoms with Crippen LogP contribution in [0.2, 0.25) is 0 Å². The van der Waals surface area contributed by atoms with Crippen LogP contribution in [0.4, 0.5) is 0 Å². The van der Waals surface area contributed by atoms with Crippen LogP contribution in [0.1, 0.15) is 51.9 Å². The van der Waals surface area contributed by atoms with Crippen molar-refractivity contribution in [2.75, 3.05) is 32.7 Å². The monoisotopic (exact) mass is 265 g/mol. The molecule has 0 aromatic carbocycles. The Labute approximate surface area is 118 Å². The lowest BCUT2D eigenvalue weighted by atomic mass is 9.95. The first-order valence-corrected chi connectivity index (χ1v) is 8.58. The van der Waals surface area contributed by atoms with Crippen LogP contribution in [-0.2, 0) is 0 Å². The smallest absolute Gasteiger partial charge is 0.0195 e. The molecule has 3 heterocycles. The van der Waals surface area contributed by atoms with Gasteiger partial charge in [-0.25, -0.2) is 0 Å². The molecule has 110 valence electrons. The molecule has 1 N–H and O–H groups in total. The molecule has 3 saturated heterocycles. The van der Waals surface area contributed by atoms with Crippen LogP contribution < -0.4 is 5.32 Å². The maximum Gasteiger partial charge on any atom is 0.0195 e. The van der Waals surface area contributed by atoms with Crippen LogP contribution >= 0.6 is 0 Å². The third kappa shape index (κ3) is 3.32. The first-order valence-electron chi connectivity index (χ1n) is 8.58. The third-order valence-corrected chi connectivity index (χ3v) is 5.44. The van der Waals surface area contributed by atoms with E-state index in [-0.39, 0.29) is 0 Å². The minimum Gasteiger partial charge on any atom is -0.313 e. The Morgan fingerprint density at radius 2 is 2.11 bits per heavy atom. The number of nitrogens with zero attached hydrogens (tertiary/aromatic N) is 2. The summed E-state index contributed by atoms with van der Waals surface area (Å²) in [6.45, 7) is 8.90. The summed E-state index contributed by atoms with van der Waals surface area (Å²) < 4.78 is 0. The van der Waals surface area contributed by atoms with E-state index < -0.39 is 0 Å². The predicted octanol–water partition coefficient (Wildman–Crippen LogP) is 2.08. The molecule has 0 amide bonds. The van der Waals surface area contributed by atoms with Crippen molar-refractivity contribution in [2.24, 2.45) is 0 Å². The maximum absolute atomic E-state index is 3.68. The highest BCUT2D eigenvalue weighted by Crippen LogP contribution is 2.29. The quantitative estimate of drug-likeness (QED) is 0.821. The van der Waals surface area contributed by atoms with E-state index in [2.05, 4.69) is 22.0 Å². The van der Waals surface area contributed by atoms with Crippen molar-refractivity contribution in [1.29, 1.82) is 0 Å². The first kappa shape index (κ1) is 13.8. The molecule has 3 atom stereocenters. The number of rotatable bonds is 5. The molecule has 19 heavy (non-hydrogen) atoms. The van der Waals surface area contributed by atoms with Gasteiger partial charge in [0.25, 0.3) is 0 Å². The number of nitrogens with one attached hydrogen (secondary N) is 1. The molecular formula is C16H31N3. The highest BCUT2D eigenvalue weighted by Gasteiger charge is 2.34. The van der Waals surface area contributed by atoms with Gasteiger partial charge in [-0.3, -0.25) is 4.90 Å². The lowest BCUT2D eigenvalue weighted by Gasteiger charge is -2.41. The Morgan fingerprint density at radius 1 is 1.16 bits per heavy atom. The maximum atomic E-state index is 3.68. The number of fused-ring (bicyclic) bond motifs is 1. The van der Waals surface area contributed by atoms with Gasteiger partial charge < -0.3 is 10.2 Å². The minimum atomic E-state index is 0.771. The summed E-state index contributed by atoms with van der Waals surface area (Å²) in [7, 11) is 0. The standard InChI is InChI=1S/C16H31N3/c1-2-9-19(13-14-5-3-8-17-14)16-7-11-18-10-4-6-15(18)12-16/h14-17H,2-13H2,1H3. The van der Waals surface area contributed by atoms with Gasteiger partial charge in [0.15, 0.2) is 0 Å². The van der Waals surface area contributed by atoms with Crippen LogP contribution in [0.25, 0.3) is 0 Å². The first-order chi connectivity index (χ1) is 9.36. The second-order valence-corrected chi connectivity index (χ2v) is 6.80.